The summed E-state index contributed by atoms with van der Waals surface area (Å²) in [6.07, 6.45) is 2.40. The molecule has 0 aromatic heterocycles. The first-order valence-corrected chi connectivity index (χ1v) is 9.57. The van der Waals surface area contributed by atoms with Crippen molar-refractivity contribution in [2.75, 3.05) is 24.7 Å². The van der Waals surface area contributed by atoms with Gasteiger partial charge in [0.15, 0.2) is 0 Å². The van der Waals surface area contributed by atoms with Gasteiger partial charge in [0.25, 0.3) is 0 Å². The maximum atomic E-state index is 12.3. The van der Waals surface area contributed by atoms with Gasteiger partial charge in [-0.05, 0) is 25.0 Å². The fourth-order valence-electron chi connectivity index (χ4n) is 2.31. The Labute approximate surface area is 144 Å². The summed E-state index contributed by atoms with van der Waals surface area (Å²) in [4.78, 5) is 12.3. The van der Waals surface area contributed by atoms with Gasteiger partial charge in [-0.1, -0.05) is 34.8 Å². The van der Waals surface area contributed by atoms with E-state index in [1.54, 1.807) is 0 Å². The number of carbonyl (C=O) groups is 1. The van der Waals surface area contributed by atoms with E-state index in [-0.39, 0.29) is 22.5 Å². The standard InChI is InChI=1S/C13H15Cl3N2O3S/c1-22(20,21)18-4-2-3-8(7-18)13(19)17-12-6-10(15)9(14)5-11(12)16/h5-6,8H,2-4,7H2,1H3,(H,17,19). The van der Waals surface area contributed by atoms with Crippen molar-refractivity contribution in [1.29, 1.82) is 0 Å². The molecule has 1 aliphatic rings. The fourth-order valence-corrected chi connectivity index (χ4v) is 3.82. The van der Waals surface area contributed by atoms with Crippen molar-refractivity contribution in [2.24, 2.45) is 5.92 Å². The number of piperidine rings is 1. The van der Waals surface area contributed by atoms with E-state index >= 15 is 0 Å². The van der Waals surface area contributed by atoms with Crippen molar-refractivity contribution in [3.05, 3.63) is 27.2 Å². The van der Waals surface area contributed by atoms with Crippen LogP contribution in [-0.2, 0) is 14.8 Å². The summed E-state index contributed by atoms with van der Waals surface area (Å²) >= 11 is 17.8. The predicted octanol–water partition coefficient (Wildman–Crippen LogP) is 3.26. The van der Waals surface area contributed by atoms with Crippen LogP contribution in [0, 0.1) is 5.92 Å². The van der Waals surface area contributed by atoms with E-state index in [2.05, 4.69) is 5.32 Å². The molecule has 0 bridgehead atoms. The van der Waals surface area contributed by atoms with Gasteiger partial charge in [0.2, 0.25) is 15.9 Å². The lowest BCUT2D eigenvalue weighted by atomic mass is 9.99. The number of nitrogens with one attached hydrogen (secondary N) is 1. The van der Waals surface area contributed by atoms with Gasteiger partial charge in [0.05, 0.1) is 32.9 Å². The summed E-state index contributed by atoms with van der Waals surface area (Å²) in [7, 11) is -3.30. The molecule has 1 aromatic carbocycles. The molecule has 1 atom stereocenters. The number of sulfonamides is 1. The monoisotopic (exact) mass is 384 g/mol. The number of amides is 1. The van der Waals surface area contributed by atoms with E-state index in [9.17, 15) is 13.2 Å². The van der Waals surface area contributed by atoms with E-state index < -0.39 is 15.9 Å². The summed E-state index contributed by atoms with van der Waals surface area (Å²) in [5, 5.41) is 3.54. The third-order valence-electron chi connectivity index (χ3n) is 3.49. The number of hydrogen-bond donors (Lipinski definition) is 1. The normalized spacial score (nSPS) is 19.9. The third-order valence-corrected chi connectivity index (χ3v) is 5.80. The first kappa shape index (κ1) is 17.8. The van der Waals surface area contributed by atoms with Crippen LogP contribution in [0.15, 0.2) is 12.1 Å². The van der Waals surface area contributed by atoms with E-state index in [0.29, 0.717) is 30.1 Å². The van der Waals surface area contributed by atoms with Crippen LogP contribution in [-0.4, -0.2) is 38.0 Å². The summed E-state index contributed by atoms with van der Waals surface area (Å²) in [6, 6.07) is 2.92. The van der Waals surface area contributed by atoms with Crippen molar-refractivity contribution >= 4 is 56.4 Å². The molecule has 1 N–H and O–H groups in total. The molecule has 1 fully saturated rings. The number of rotatable bonds is 3. The van der Waals surface area contributed by atoms with Gasteiger partial charge in [0, 0.05) is 13.1 Å². The van der Waals surface area contributed by atoms with Crippen LogP contribution in [0.2, 0.25) is 15.1 Å². The number of nitrogens with zero attached hydrogens (tertiary/aromatic N) is 1. The summed E-state index contributed by atoms with van der Waals surface area (Å²) in [5.41, 5.74) is 0.359. The Kier molecular flexibility index (Phi) is 5.61. The van der Waals surface area contributed by atoms with Gasteiger partial charge < -0.3 is 5.32 Å². The van der Waals surface area contributed by atoms with E-state index in [1.807, 2.05) is 0 Å². The average Bonchev–Trinajstić information content (AvgIpc) is 2.44. The van der Waals surface area contributed by atoms with Gasteiger partial charge >= 0.3 is 0 Å². The quantitative estimate of drug-likeness (QED) is 0.812. The van der Waals surface area contributed by atoms with Gasteiger partial charge in [-0.2, -0.15) is 0 Å². The minimum atomic E-state index is -3.30. The minimum Gasteiger partial charge on any atom is -0.324 e. The van der Waals surface area contributed by atoms with Crippen LogP contribution in [0.3, 0.4) is 0 Å². The molecule has 1 aliphatic heterocycles. The first-order valence-electron chi connectivity index (χ1n) is 6.59. The van der Waals surface area contributed by atoms with Gasteiger partial charge in [-0.25, -0.2) is 12.7 Å². The van der Waals surface area contributed by atoms with Crippen LogP contribution < -0.4 is 5.32 Å². The smallest absolute Gasteiger partial charge is 0.228 e. The first-order chi connectivity index (χ1) is 10.2. The second-order valence-electron chi connectivity index (χ2n) is 5.20. The third kappa shape index (κ3) is 4.26. The lowest BCUT2D eigenvalue weighted by molar-refractivity contribution is -0.120. The molecule has 122 valence electrons. The van der Waals surface area contributed by atoms with E-state index in [1.165, 1.54) is 16.4 Å². The molecular formula is C13H15Cl3N2O3S. The molecule has 5 nitrogen and oxygen atoms in total. The SMILES string of the molecule is CS(=O)(=O)N1CCCC(C(=O)Nc2cc(Cl)c(Cl)cc2Cl)C1. The highest BCUT2D eigenvalue weighted by atomic mass is 35.5. The fraction of sp³-hybridized carbons (Fsp3) is 0.462. The van der Waals surface area contributed by atoms with E-state index in [4.69, 9.17) is 34.8 Å². The van der Waals surface area contributed by atoms with Crippen molar-refractivity contribution in [1.82, 2.24) is 4.31 Å². The van der Waals surface area contributed by atoms with Crippen molar-refractivity contribution < 1.29 is 13.2 Å². The molecule has 1 heterocycles. The Hall–Kier alpha value is -0.530. The highest BCUT2D eigenvalue weighted by molar-refractivity contribution is 7.88. The second kappa shape index (κ2) is 6.93. The zero-order valence-electron chi connectivity index (χ0n) is 11.8. The van der Waals surface area contributed by atoms with Crippen LogP contribution >= 0.6 is 34.8 Å². The van der Waals surface area contributed by atoms with Crippen LogP contribution in [0.4, 0.5) is 5.69 Å². The maximum Gasteiger partial charge on any atom is 0.228 e. The number of carbonyl (C=O) groups excluding carboxylic acids is 1. The molecule has 2 rings (SSSR count). The minimum absolute atomic E-state index is 0.170. The maximum absolute atomic E-state index is 12.3. The Morgan fingerprint density at radius 3 is 2.50 bits per heavy atom. The van der Waals surface area contributed by atoms with Gasteiger partial charge in [-0.15, -0.1) is 0 Å². The number of anilines is 1. The molecule has 1 unspecified atom stereocenters. The summed E-state index contributed by atoms with van der Waals surface area (Å²) in [5.74, 6) is -0.706. The molecule has 22 heavy (non-hydrogen) atoms. The lowest BCUT2D eigenvalue weighted by Gasteiger charge is -2.30. The number of halogens is 3. The Morgan fingerprint density at radius 2 is 1.86 bits per heavy atom. The van der Waals surface area contributed by atoms with Crippen molar-refractivity contribution in [2.45, 2.75) is 12.8 Å². The highest BCUT2D eigenvalue weighted by Gasteiger charge is 2.30. The van der Waals surface area contributed by atoms with Crippen LogP contribution in [0.1, 0.15) is 12.8 Å². The Bertz CT molecular complexity index is 694. The Morgan fingerprint density at radius 1 is 1.23 bits per heavy atom. The molecule has 1 saturated heterocycles. The van der Waals surface area contributed by atoms with Gasteiger partial charge in [0.1, 0.15) is 0 Å². The van der Waals surface area contributed by atoms with Crippen LogP contribution in [0.25, 0.3) is 0 Å². The molecule has 9 heteroatoms. The molecule has 1 amide bonds. The molecule has 0 spiro atoms. The van der Waals surface area contributed by atoms with Crippen molar-refractivity contribution in [3.8, 4) is 0 Å². The number of benzene rings is 1. The zero-order valence-corrected chi connectivity index (χ0v) is 14.9. The topological polar surface area (TPSA) is 66.5 Å². The zero-order chi connectivity index (χ0) is 16.5. The van der Waals surface area contributed by atoms with E-state index in [0.717, 1.165) is 6.26 Å². The molecule has 1 aromatic rings. The summed E-state index contributed by atoms with van der Waals surface area (Å²) in [6.45, 7) is 0.611. The predicted molar refractivity (Wildman–Crippen MR) is 89.2 cm³/mol. The number of hydrogen-bond acceptors (Lipinski definition) is 3. The lowest BCUT2D eigenvalue weighted by Crippen LogP contribution is -2.43. The largest absolute Gasteiger partial charge is 0.324 e. The van der Waals surface area contributed by atoms with Crippen molar-refractivity contribution in [3.63, 3.8) is 0 Å². The average molecular weight is 386 g/mol. The Balaban J connectivity index is 2.11. The molecule has 0 aliphatic carbocycles. The second-order valence-corrected chi connectivity index (χ2v) is 8.40. The highest BCUT2D eigenvalue weighted by Crippen LogP contribution is 2.33. The molecule has 0 saturated carbocycles. The molecular weight excluding hydrogens is 371 g/mol. The molecule has 0 radical (unpaired) electrons. The van der Waals surface area contributed by atoms with Crippen LogP contribution in [0.5, 0.6) is 0 Å². The summed E-state index contributed by atoms with van der Waals surface area (Å²) < 4.78 is 24.5. The van der Waals surface area contributed by atoms with Gasteiger partial charge in [-0.3, -0.25) is 4.79 Å².